The highest BCUT2D eigenvalue weighted by atomic mass is 19.2. The zero-order chi connectivity index (χ0) is 29.0. The first kappa shape index (κ1) is 27.1. The Labute approximate surface area is 229 Å². The highest BCUT2D eigenvalue weighted by Gasteiger charge is 2.47. The highest BCUT2D eigenvalue weighted by molar-refractivity contribution is 6.03. The Balaban J connectivity index is 1.19. The van der Waals surface area contributed by atoms with Crippen LogP contribution in [0.1, 0.15) is 24.4 Å². The van der Waals surface area contributed by atoms with Gasteiger partial charge in [-0.2, -0.15) is 0 Å². The maximum Gasteiger partial charge on any atom is 0.326 e. The van der Waals surface area contributed by atoms with Crippen LogP contribution in [-0.2, 0) is 16.6 Å². The summed E-state index contributed by atoms with van der Waals surface area (Å²) in [5.74, 6) is -4.44. The summed E-state index contributed by atoms with van der Waals surface area (Å²) in [7, 11) is 1.66. The van der Waals surface area contributed by atoms with Crippen molar-refractivity contribution in [1.82, 2.24) is 24.5 Å². The van der Waals surface area contributed by atoms with E-state index in [0.29, 0.717) is 17.6 Å². The number of nitrogens with one attached hydrogen (secondary N) is 1. The summed E-state index contributed by atoms with van der Waals surface area (Å²) in [5.41, 5.74) is 2.39. The number of halogens is 3. The number of benzene rings is 2. The highest BCUT2D eigenvalue weighted by Crippen LogP contribution is 2.34. The summed E-state index contributed by atoms with van der Waals surface area (Å²) >= 11 is 0. The van der Waals surface area contributed by atoms with Crippen LogP contribution >= 0.6 is 0 Å². The van der Waals surface area contributed by atoms with Gasteiger partial charge in [0, 0.05) is 31.0 Å². The molecule has 2 aromatic carbocycles. The van der Waals surface area contributed by atoms with Gasteiger partial charge >= 0.3 is 5.69 Å². The van der Waals surface area contributed by atoms with Crippen LogP contribution in [-0.4, -0.2) is 82.7 Å². The molecule has 15 heteroatoms. The van der Waals surface area contributed by atoms with Gasteiger partial charge in [-0.05, 0) is 24.3 Å². The maximum atomic E-state index is 13.7. The van der Waals surface area contributed by atoms with Crippen molar-refractivity contribution in [3.05, 3.63) is 70.0 Å². The number of imidazole rings is 1. The fourth-order valence-corrected chi connectivity index (χ4v) is 5.35. The Hall–Kier alpha value is -4.05. The van der Waals surface area contributed by atoms with E-state index in [-0.39, 0.29) is 23.4 Å². The van der Waals surface area contributed by atoms with Gasteiger partial charge in [0.05, 0.1) is 35.7 Å². The zero-order valence-corrected chi connectivity index (χ0v) is 21.5. The molecule has 0 bridgehead atoms. The molecule has 6 rings (SSSR count). The van der Waals surface area contributed by atoms with Gasteiger partial charge in [0.2, 0.25) is 0 Å². The zero-order valence-electron chi connectivity index (χ0n) is 21.5. The van der Waals surface area contributed by atoms with E-state index < -0.39 is 60.6 Å². The number of oxime groups is 1. The molecule has 4 N–H and O–H groups in total. The van der Waals surface area contributed by atoms with E-state index in [1.54, 1.807) is 19.2 Å². The number of rotatable bonds is 6. The molecule has 4 aromatic rings. The molecular weight excluding hydrogens is 549 g/mol. The van der Waals surface area contributed by atoms with E-state index in [4.69, 9.17) is 9.57 Å². The summed E-state index contributed by atoms with van der Waals surface area (Å²) in [4.78, 5) is 20.3. The molecule has 6 atom stereocenters. The van der Waals surface area contributed by atoms with E-state index in [9.17, 15) is 33.3 Å². The number of aliphatic hydroxyl groups is 3. The average molecular weight is 575 g/mol. The van der Waals surface area contributed by atoms with Gasteiger partial charge in [-0.3, -0.25) is 4.57 Å². The first-order valence-corrected chi connectivity index (χ1v) is 12.8. The van der Waals surface area contributed by atoms with Crippen molar-refractivity contribution in [2.75, 3.05) is 6.61 Å². The average Bonchev–Trinajstić information content (AvgIpc) is 3.68. The molecular formula is C26H25F3N6O6. The number of aromatic nitrogens is 5. The summed E-state index contributed by atoms with van der Waals surface area (Å²) in [6, 6.07) is 5.77. The van der Waals surface area contributed by atoms with Crippen LogP contribution in [0.2, 0.25) is 0 Å². The quantitative estimate of drug-likeness (QED) is 0.250. The number of fused-ring (bicyclic) bond motifs is 1. The van der Waals surface area contributed by atoms with Crippen LogP contribution in [0.3, 0.4) is 0 Å². The van der Waals surface area contributed by atoms with E-state index in [1.807, 2.05) is 6.07 Å². The third-order valence-electron chi connectivity index (χ3n) is 7.55. The van der Waals surface area contributed by atoms with Crippen LogP contribution in [0.15, 0.2) is 46.5 Å². The van der Waals surface area contributed by atoms with Gasteiger partial charge in [-0.25, -0.2) is 22.6 Å². The van der Waals surface area contributed by atoms with Crippen LogP contribution in [0.4, 0.5) is 13.2 Å². The van der Waals surface area contributed by atoms with E-state index in [2.05, 4.69) is 20.5 Å². The van der Waals surface area contributed by atoms with Gasteiger partial charge in [0.25, 0.3) is 0 Å². The topological polar surface area (TPSA) is 160 Å². The summed E-state index contributed by atoms with van der Waals surface area (Å²) in [6.07, 6.45) is -3.57. The minimum Gasteiger partial charge on any atom is -0.394 e. The number of hydrogen-bond donors (Lipinski definition) is 4. The number of ether oxygens (including phenoxy) is 1. The lowest BCUT2D eigenvalue weighted by Crippen LogP contribution is -2.56. The monoisotopic (exact) mass is 574 g/mol. The number of H-pyrrole nitrogens is 1. The smallest absolute Gasteiger partial charge is 0.326 e. The molecule has 1 unspecified atom stereocenters. The second-order valence-corrected chi connectivity index (χ2v) is 10.1. The van der Waals surface area contributed by atoms with Crippen molar-refractivity contribution >= 4 is 16.7 Å². The molecule has 0 aliphatic carbocycles. The van der Waals surface area contributed by atoms with Gasteiger partial charge in [0.1, 0.15) is 36.2 Å². The third-order valence-corrected chi connectivity index (χ3v) is 7.55. The molecule has 0 amide bonds. The lowest BCUT2D eigenvalue weighted by atomic mass is 9.89. The molecule has 0 radical (unpaired) electrons. The fraction of sp³-hybridized carbons (Fsp3) is 0.385. The Morgan fingerprint density at radius 2 is 1.80 bits per heavy atom. The first-order chi connectivity index (χ1) is 19.6. The summed E-state index contributed by atoms with van der Waals surface area (Å²) < 4.78 is 49.3. The van der Waals surface area contributed by atoms with Crippen molar-refractivity contribution in [3.63, 3.8) is 0 Å². The molecule has 2 aliphatic heterocycles. The molecule has 2 aromatic heterocycles. The van der Waals surface area contributed by atoms with Crippen molar-refractivity contribution < 1.29 is 38.1 Å². The number of aliphatic hydroxyl groups excluding tert-OH is 3. The van der Waals surface area contributed by atoms with E-state index in [1.165, 1.54) is 10.8 Å². The molecule has 41 heavy (non-hydrogen) atoms. The predicted octanol–water partition coefficient (Wildman–Crippen LogP) is 1.15. The molecule has 0 spiro atoms. The lowest BCUT2D eigenvalue weighted by Gasteiger charge is -2.42. The Morgan fingerprint density at radius 3 is 2.54 bits per heavy atom. The minimum atomic E-state index is -1.62. The van der Waals surface area contributed by atoms with Gasteiger partial charge in [0.15, 0.2) is 17.5 Å². The minimum absolute atomic E-state index is 0.0281. The molecule has 0 saturated carbocycles. The Kier molecular flexibility index (Phi) is 6.89. The largest absolute Gasteiger partial charge is 0.394 e. The van der Waals surface area contributed by atoms with Crippen LogP contribution in [0.25, 0.3) is 22.3 Å². The van der Waals surface area contributed by atoms with Crippen molar-refractivity contribution in [1.29, 1.82) is 0 Å². The van der Waals surface area contributed by atoms with Crippen molar-refractivity contribution in [3.8, 4) is 11.3 Å². The van der Waals surface area contributed by atoms with Crippen molar-refractivity contribution in [2.24, 2.45) is 12.2 Å². The first-order valence-electron chi connectivity index (χ1n) is 12.8. The number of aryl methyl sites for hydroxylation is 1. The second-order valence-electron chi connectivity index (χ2n) is 10.1. The van der Waals surface area contributed by atoms with E-state index in [0.717, 1.165) is 27.9 Å². The van der Waals surface area contributed by atoms with Crippen LogP contribution < -0.4 is 5.69 Å². The summed E-state index contributed by atoms with van der Waals surface area (Å²) in [5, 5.41) is 43.8. The Bertz CT molecular complexity index is 1680. The fourth-order valence-electron chi connectivity index (χ4n) is 5.35. The number of hydrogen-bond acceptors (Lipinski definition) is 9. The van der Waals surface area contributed by atoms with Crippen LogP contribution in [0, 0.1) is 17.5 Å². The molecule has 1 saturated heterocycles. The predicted molar refractivity (Wildman–Crippen MR) is 136 cm³/mol. The lowest BCUT2D eigenvalue weighted by molar-refractivity contribution is -0.212. The molecule has 4 heterocycles. The van der Waals surface area contributed by atoms with Gasteiger partial charge < -0.3 is 29.9 Å². The molecule has 1 fully saturated rings. The second kappa shape index (κ2) is 10.4. The SMILES string of the molecule is Cn1c(=O)[nH]c2cc(C3=NOC(C[C@H]4O[C@H](CO)[C@H](O)[C@H](n5cc(-c6cc(F)c(F)c(F)c6)nn5)[C@H]4O)C3)ccc21. The maximum absolute atomic E-state index is 13.7. The van der Waals surface area contributed by atoms with Crippen molar-refractivity contribution in [2.45, 2.75) is 49.4 Å². The number of aromatic amines is 1. The standard InChI is InChI=1S/C26H25F3N6O6/c1-34-19-3-2-11(6-17(19)30-26(34)39)16-7-13(41-32-16)8-20-24(37)23(25(38)21(10-36)40-20)35-9-18(31-33-35)12-4-14(27)22(29)15(28)5-12/h2-6,9,13,20-21,23-25,36-38H,7-8,10H2,1H3,(H,30,39)/t13?,20-,21-,23-,24+,25+/m1/s1. The molecule has 2 aliphatic rings. The van der Waals surface area contributed by atoms with Gasteiger partial charge in [-0.1, -0.05) is 16.4 Å². The number of nitrogens with zero attached hydrogens (tertiary/aromatic N) is 5. The summed E-state index contributed by atoms with van der Waals surface area (Å²) in [6.45, 7) is -0.570. The van der Waals surface area contributed by atoms with Gasteiger partial charge in [-0.15, -0.1) is 5.10 Å². The Morgan fingerprint density at radius 1 is 1.07 bits per heavy atom. The molecule has 216 valence electrons. The van der Waals surface area contributed by atoms with E-state index >= 15 is 0 Å². The third kappa shape index (κ3) is 4.80. The molecule has 12 nitrogen and oxygen atoms in total. The normalized spacial score (nSPS) is 26.4. The van der Waals surface area contributed by atoms with Crippen LogP contribution in [0.5, 0.6) is 0 Å².